The summed E-state index contributed by atoms with van der Waals surface area (Å²) in [5.74, 6) is 1.49. The van der Waals surface area contributed by atoms with E-state index in [0.717, 1.165) is 31.9 Å². The Morgan fingerprint density at radius 2 is 1.84 bits per heavy atom. The molecule has 0 saturated carbocycles. The average molecular weight is 428 g/mol. The zero-order chi connectivity index (χ0) is 21.8. The quantitative estimate of drug-likeness (QED) is 0.487. The molecule has 0 atom stereocenters. The molecule has 2 N–H and O–H groups in total. The molecule has 1 aliphatic rings. The largest absolute Gasteiger partial charge is 0.494 e. The highest BCUT2D eigenvalue weighted by Gasteiger charge is 2.24. The fraction of sp³-hybridized carbons (Fsp3) is 0.476. The van der Waals surface area contributed by atoms with E-state index in [2.05, 4.69) is 19.8 Å². The number of ether oxygens (including phenoxy) is 1. The van der Waals surface area contributed by atoms with E-state index in [1.165, 1.54) is 4.57 Å². The minimum absolute atomic E-state index is 0.136. The number of hydrogen-bond acceptors (Lipinski definition) is 7. The van der Waals surface area contributed by atoms with Crippen LogP contribution < -0.4 is 20.9 Å². The first kappa shape index (κ1) is 21.1. The lowest BCUT2D eigenvalue weighted by molar-refractivity contribution is 0.188. The molecule has 10 heteroatoms. The van der Waals surface area contributed by atoms with Crippen LogP contribution in [0.15, 0.2) is 39.9 Å². The van der Waals surface area contributed by atoms with Crippen molar-refractivity contribution in [2.75, 3.05) is 50.8 Å². The molecule has 2 aromatic heterocycles. The van der Waals surface area contributed by atoms with Gasteiger partial charge in [0, 0.05) is 46.3 Å². The Morgan fingerprint density at radius 3 is 2.55 bits per heavy atom. The van der Waals surface area contributed by atoms with Crippen LogP contribution in [0.2, 0.25) is 0 Å². The maximum absolute atomic E-state index is 12.6. The van der Waals surface area contributed by atoms with Crippen LogP contribution in [0.3, 0.4) is 0 Å². The van der Waals surface area contributed by atoms with E-state index in [4.69, 9.17) is 4.74 Å². The number of anilines is 1. The Morgan fingerprint density at radius 1 is 1.10 bits per heavy atom. The first-order valence-corrected chi connectivity index (χ1v) is 10.5. The number of H-pyrrole nitrogens is 1. The Hall–Kier alpha value is -3.11. The van der Waals surface area contributed by atoms with E-state index in [1.807, 2.05) is 34.9 Å². The van der Waals surface area contributed by atoms with Crippen molar-refractivity contribution in [3.8, 4) is 5.75 Å². The summed E-state index contributed by atoms with van der Waals surface area (Å²) < 4.78 is 9.06. The highest BCUT2D eigenvalue weighted by molar-refractivity contribution is 5.74. The summed E-state index contributed by atoms with van der Waals surface area (Å²) in [6.07, 6.45) is 0.681. The summed E-state index contributed by atoms with van der Waals surface area (Å²) >= 11 is 0. The topological polar surface area (TPSA) is 109 Å². The number of nitrogens with one attached hydrogen (secondary N) is 1. The normalized spacial score (nSPS) is 15.0. The van der Waals surface area contributed by atoms with Gasteiger partial charge in [0.05, 0.1) is 13.2 Å². The zero-order valence-corrected chi connectivity index (χ0v) is 17.7. The fourth-order valence-electron chi connectivity index (χ4n) is 3.92. The van der Waals surface area contributed by atoms with Crippen LogP contribution in [0.4, 0.5) is 5.95 Å². The van der Waals surface area contributed by atoms with E-state index >= 15 is 0 Å². The molecule has 0 amide bonds. The van der Waals surface area contributed by atoms with Crippen molar-refractivity contribution in [3.05, 3.63) is 51.2 Å². The molecule has 0 spiro atoms. The number of aliphatic hydroxyl groups excluding tert-OH is 1. The molecule has 1 aromatic carbocycles. The number of hydrogen-bond donors (Lipinski definition) is 2. The minimum atomic E-state index is -0.478. The maximum atomic E-state index is 12.6. The second kappa shape index (κ2) is 9.36. The van der Waals surface area contributed by atoms with Crippen LogP contribution in [0.5, 0.6) is 5.75 Å². The first-order valence-electron chi connectivity index (χ1n) is 10.5. The molecule has 0 unspecified atom stereocenters. The SMILES string of the molecule is Cn1c(=O)[nH]c(=O)c2c1nc(N1CCN(CCO)CC1)n2CCCOc1ccccc1. The number of rotatable bonds is 8. The highest BCUT2D eigenvalue weighted by atomic mass is 16.5. The fourth-order valence-corrected chi connectivity index (χ4v) is 3.92. The molecule has 31 heavy (non-hydrogen) atoms. The average Bonchev–Trinajstić information content (AvgIpc) is 3.17. The van der Waals surface area contributed by atoms with Gasteiger partial charge < -0.3 is 19.3 Å². The Labute approximate surface area is 179 Å². The number of β-amino-alcohol motifs (C(OH)–C–C–N with tert-alkyl or cyclic N) is 1. The summed E-state index contributed by atoms with van der Waals surface area (Å²) in [7, 11) is 1.61. The number of para-hydroxylation sites is 1. The van der Waals surface area contributed by atoms with Crippen LogP contribution >= 0.6 is 0 Å². The van der Waals surface area contributed by atoms with Crippen molar-refractivity contribution in [2.24, 2.45) is 7.05 Å². The smallest absolute Gasteiger partial charge is 0.329 e. The van der Waals surface area contributed by atoms with Gasteiger partial charge in [0.25, 0.3) is 5.56 Å². The Kier molecular flexibility index (Phi) is 6.38. The van der Waals surface area contributed by atoms with Crippen LogP contribution in [0, 0.1) is 0 Å². The number of imidazole rings is 1. The van der Waals surface area contributed by atoms with Gasteiger partial charge in [0.15, 0.2) is 11.2 Å². The van der Waals surface area contributed by atoms with E-state index in [1.54, 1.807) is 7.05 Å². The number of benzene rings is 1. The molecule has 10 nitrogen and oxygen atoms in total. The third-order valence-electron chi connectivity index (χ3n) is 5.60. The highest BCUT2D eigenvalue weighted by Crippen LogP contribution is 2.21. The van der Waals surface area contributed by atoms with E-state index < -0.39 is 11.2 Å². The van der Waals surface area contributed by atoms with Gasteiger partial charge in [-0.15, -0.1) is 0 Å². The lowest BCUT2D eigenvalue weighted by atomic mass is 10.3. The van der Waals surface area contributed by atoms with E-state index in [0.29, 0.717) is 43.2 Å². The van der Waals surface area contributed by atoms with Gasteiger partial charge in [-0.05, 0) is 18.6 Å². The van der Waals surface area contributed by atoms with Gasteiger partial charge in [-0.25, -0.2) is 4.79 Å². The minimum Gasteiger partial charge on any atom is -0.494 e. The van der Waals surface area contributed by atoms with Gasteiger partial charge in [0.1, 0.15) is 5.75 Å². The summed E-state index contributed by atoms with van der Waals surface area (Å²) in [6.45, 7) is 4.89. The standard InChI is InChI=1S/C21H28N6O4/c1-24-18-17(19(29)23-21(24)30)27(8-5-15-31-16-6-3-2-4-7-16)20(22-18)26-11-9-25(10-12-26)13-14-28/h2-4,6-7,28H,5,8-15H2,1H3,(H,23,29,30). The molecule has 1 saturated heterocycles. The number of aromatic nitrogens is 4. The summed E-state index contributed by atoms with van der Waals surface area (Å²) in [4.78, 5) is 36.1. The van der Waals surface area contributed by atoms with Crippen molar-refractivity contribution < 1.29 is 9.84 Å². The van der Waals surface area contributed by atoms with Crippen LogP contribution in [-0.4, -0.2) is 75.0 Å². The van der Waals surface area contributed by atoms with E-state index in [9.17, 15) is 14.7 Å². The van der Waals surface area contributed by atoms with Crippen molar-refractivity contribution in [2.45, 2.75) is 13.0 Å². The molecular weight excluding hydrogens is 400 g/mol. The molecule has 0 aliphatic carbocycles. The van der Waals surface area contributed by atoms with Crippen molar-refractivity contribution in [1.29, 1.82) is 0 Å². The van der Waals surface area contributed by atoms with Crippen molar-refractivity contribution >= 4 is 17.1 Å². The molecule has 0 radical (unpaired) electrons. The van der Waals surface area contributed by atoms with Gasteiger partial charge >= 0.3 is 5.69 Å². The van der Waals surface area contributed by atoms with E-state index in [-0.39, 0.29) is 6.61 Å². The molecule has 0 bridgehead atoms. The predicted molar refractivity (Wildman–Crippen MR) is 118 cm³/mol. The van der Waals surface area contributed by atoms with Gasteiger partial charge in [-0.2, -0.15) is 4.98 Å². The zero-order valence-electron chi connectivity index (χ0n) is 17.7. The van der Waals surface area contributed by atoms with Crippen LogP contribution in [0.1, 0.15) is 6.42 Å². The number of aromatic amines is 1. The lowest BCUT2D eigenvalue weighted by Crippen LogP contribution is -2.48. The summed E-state index contributed by atoms with van der Waals surface area (Å²) in [5.41, 5.74) is -0.131. The van der Waals surface area contributed by atoms with Crippen molar-refractivity contribution in [3.63, 3.8) is 0 Å². The van der Waals surface area contributed by atoms with Crippen molar-refractivity contribution in [1.82, 2.24) is 24.0 Å². The number of piperazine rings is 1. The van der Waals surface area contributed by atoms with Crippen LogP contribution in [-0.2, 0) is 13.6 Å². The predicted octanol–water partition coefficient (Wildman–Crippen LogP) is 0.00670. The number of nitrogens with zero attached hydrogens (tertiary/aromatic N) is 5. The third kappa shape index (κ3) is 4.49. The molecule has 166 valence electrons. The van der Waals surface area contributed by atoms with Gasteiger partial charge in [-0.1, -0.05) is 18.2 Å². The van der Waals surface area contributed by atoms with Gasteiger partial charge in [-0.3, -0.25) is 19.2 Å². The molecular formula is C21H28N6O4. The monoisotopic (exact) mass is 428 g/mol. The van der Waals surface area contributed by atoms with Crippen LogP contribution in [0.25, 0.3) is 11.2 Å². The summed E-state index contributed by atoms with van der Waals surface area (Å²) in [5, 5.41) is 9.18. The third-order valence-corrected chi connectivity index (χ3v) is 5.60. The number of aryl methyl sites for hydroxylation is 2. The summed E-state index contributed by atoms with van der Waals surface area (Å²) in [6, 6.07) is 9.60. The molecule has 1 aliphatic heterocycles. The number of aliphatic hydroxyl groups is 1. The second-order valence-corrected chi connectivity index (χ2v) is 7.62. The molecule has 4 rings (SSSR count). The Bertz CT molecular complexity index is 1130. The van der Waals surface area contributed by atoms with Gasteiger partial charge in [0.2, 0.25) is 5.95 Å². The molecule has 3 aromatic rings. The number of fused-ring (bicyclic) bond motifs is 1. The first-order chi connectivity index (χ1) is 15.1. The maximum Gasteiger partial charge on any atom is 0.329 e. The Balaban J connectivity index is 1.59. The second-order valence-electron chi connectivity index (χ2n) is 7.62. The molecule has 1 fully saturated rings. The molecule has 3 heterocycles. The lowest BCUT2D eigenvalue weighted by Gasteiger charge is -2.35.